The Bertz CT molecular complexity index is 125. The maximum atomic E-state index is 3.64. The van der Waals surface area contributed by atoms with Crippen molar-refractivity contribution >= 4 is 16.5 Å². The Hall–Kier alpha value is -0.640. The van der Waals surface area contributed by atoms with E-state index in [0.717, 1.165) is 5.13 Å². The first-order valence-corrected chi connectivity index (χ1v) is 2.62. The third-order valence-electron chi connectivity index (χ3n) is 0.538. The molecule has 4 heteroatoms. The molecule has 0 amide bonds. The van der Waals surface area contributed by atoms with Gasteiger partial charge in [-0.2, -0.15) is 0 Å². The molecule has 0 aromatic carbocycles. The van der Waals surface area contributed by atoms with Crippen LogP contribution in [0.4, 0.5) is 5.13 Å². The monoisotopic (exact) mass is 114 g/mol. The van der Waals surface area contributed by atoms with E-state index in [1.807, 2.05) is 0 Å². The van der Waals surface area contributed by atoms with E-state index in [9.17, 15) is 0 Å². The van der Waals surface area contributed by atoms with E-state index in [2.05, 4.69) is 21.0 Å². The van der Waals surface area contributed by atoms with Crippen molar-refractivity contribution in [1.82, 2.24) is 10.2 Å². The minimum absolute atomic E-state index is 0.806. The number of anilines is 1. The van der Waals surface area contributed by atoms with Gasteiger partial charge in [-0.3, -0.25) is 0 Å². The molecule has 0 atom stereocenters. The third-order valence-corrected chi connectivity index (χ3v) is 1.19. The Balaban J connectivity index is 2.76. The van der Waals surface area contributed by atoms with Gasteiger partial charge in [-0.1, -0.05) is 11.3 Å². The summed E-state index contributed by atoms with van der Waals surface area (Å²) in [5, 5.41) is 10.7. The molecule has 0 fully saturated rings. The lowest BCUT2D eigenvalue weighted by Gasteiger charge is -1.81. The molecule has 1 heterocycles. The number of hydrogen-bond donors (Lipinski definition) is 1. The molecule has 0 unspecified atom stereocenters. The van der Waals surface area contributed by atoms with E-state index in [1.54, 1.807) is 7.05 Å². The molecule has 0 aliphatic heterocycles. The molecule has 0 saturated carbocycles. The van der Waals surface area contributed by atoms with Crippen LogP contribution in [-0.4, -0.2) is 17.2 Å². The predicted molar refractivity (Wildman–Crippen MR) is 28.3 cm³/mol. The fourth-order valence-corrected chi connectivity index (χ4v) is 0.603. The molecule has 37 valence electrons. The highest BCUT2D eigenvalue weighted by Crippen LogP contribution is 2.03. The van der Waals surface area contributed by atoms with Crippen molar-refractivity contribution < 1.29 is 0 Å². The lowest BCUT2D eigenvalue weighted by atomic mass is 11.1. The molecule has 1 rings (SSSR count). The Morgan fingerprint density at radius 3 is 3.00 bits per heavy atom. The number of rotatable bonds is 1. The second-order valence-corrected chi connectivity index (χ2v) is 1.72. The summed E-state index contributed by atoms with van der Waals surface area (Å²) in [5.41, 5.74) is 2.60. The smallest absolute Gasteiger partial charge is 0.205 e. The number of hydrogen-bond acceptors (Lipinski definition) is 4. The van der Waals surface area contributed by atoms with Gasteiger partial charge < -0.3 is 5.32 Å². The zero-order chi connectivity index (χ0) is 5.11. The molecule has 0 aliphatic rings. The van der Waals surface area contributed by atoms with Gasteiger partial charge in [0.1, 0.15) is 0 Å². The predicted octanol–water partition coefficient (Wildman–Crippen LogP) is 0.380. The van der Waals surface area contributed by atoms with Crippen LogP contribution in [0.1, 0.15) is 0 Å². The molecule has 0 spiro atoms. The fraction of sp³-hybridized carbons (Fsp3) is 0.333. The van der Waals surface area contributed by atoms with Gasteiger partial charge in [0.05, 0.1) is 0 Å². The normalized spacial score (nSPS) is 8.71. The highest BCUT2D eigenvalue weighted by atomic mass is 32.1. The number of nitrogens with one attached hydrogen (secondary N) is 1. The lowest BCUT2D eigenvalue weighted by molar-refractivity contribution is 1.08. The van der Waals surface area contributed by atoms with Crippen molar-refractivity contribution in [3.05, 3.63) is 5.51 Å². The zero-order valence-electron chi connectivity index (χ0n) is 3.80. The summed E-state index contributed by atoms with van der Waals surface area (Å²) in [7, 11) is 1.80. The molecule has 0 aliphatic carbocycles. The van der Waals surface area contributed by atoms with Gasteiger partial charge >= 0.3 is 0 Å². The summed E-state index contributed by atoms with van der Waals surface area (Å²) >= 11 is 1.36. The Kier molecular flexibility index (Phi) is 1.21. The molecule has 1 N–H and O–H groups in total. The van der Waals surface area contributed by atoms with Crippen molar-refractivity contribution in [3.63, 3.8) is 0 Å². The second-order valence-electron chi connectivity index (χ2n) is 0.949. The summed E-state index contributed by atoms with van der Waals surface area (Å²) in [4.78, 5) is 0. The van der Waals surface area contributed by atoms with Crippen molar-refractivity contribution in [1.29, 1.82) is 0 Å². The van der Waals surface area contributed by atoms with Crippen LogP contribution in [0.15, 0.2) is 0 Å². The molecule has 1 aromatic heterocycles. The Morgan fingerprint density at radius 2 is 2.71 bits per heavy atom. The quantitative estimate of drug-likeness (QED) is 0.573. The van der Waals surface area contributed by atoms with Crippen LogP contribution in [0, 0.1) is 5.51 Å². The number of aromatic nitrogens is 2. The third kappa shape index (κ3) is 0.866. The van der Waals surface area contributed by atoms with Crippen LogP contribution in [0.2, 0.25) is 0 Å². The summed E-state index contributed by atoms with van der Waals surface area (Å²) in [5.74, 6) is 0. The summed E-state index contributed by atoms with van der Waals surface area (Å²) in [6.07, 6.45) is 0. The van der Waals surface area contributed by atoms with Gasteiger partial charge in [0.25, 0.3) is 0 Å². The van der Waals surface area contributed by atoms with Crippen LogP contribution >= 0.6 is 11.3 Å². The first-order chi connectivity index (χ1) is 3.43. The Morgan fingerprint density at radius 1 is 1.86 bits per heavy atom. The highest BCUT2D eigenvalue weighted by Gasteiger charge is 1.85. The maximum absolute atomic E-state index is 3.64. The summed E-state index contributed by atoms with van der Waals surface area (Å²) in [6, 6.07) is 0. The number of nitrogens with zero attached hydrogens (tertiary/aromatic N) is 2. The van der Waals surface area contributed by atoms with E-state index in [4.69, 9.17) is 0 Å². The second kappa shape index (κ2) is 1.88. The maximum Gasteiger partial charge on any atom is 0.205 e. The Labute approximate surface area is 45.4 Å². The average Bonchev–Trinajstić information content (AvgIpc) is 2.14. The minimum atomic E-state index is 0.806. The van der Waals surface area contributed by atoms with Crippen LogP contribution in [0.5, 0.6) is 0 Å². The van der Waals surface area contributed by atoms with Crippen LogP contribution < -0.4 is 5.32 Å². The van der Waals surface area contributed by atoms with Gasteiger partial charge in [-0.15, -0.1) is 10.2 Å². The fourth-order valence-electron chi connectivity index (χ4n) is 0.251. The molecule has 3 nitrogen and oxygen atoms in total. The SMILES string of the molecule is CNc1nn[c]s1. The molecule has 0 bridgehead atoms. The molecule has 7 heavy (non-hydrogen) atoms. The largest absolute Gasteiger partial charge is 0.363 e. The van der Waals surface area contributed by atoms with E-state index in [0.29, 0.717) is 0 Å². The standard InChI is InChI=1S/C3H4N3S/c1-4-3-6-5-2-7-3/h1H3,(H,4,6). The van der Waals surface area contributed by atoms with Crippen molar-refractivity contribution in [2.75, 3.05) is 12.4 Å². The van der Waals surface area contributed by atoms with Gasteiger partial charge in [0.2, 0.25) is 5.13 Å². The van der Waals surface area contributed by atoms with Crippen molar-refractivity contribution in [3.8, 4) is 0 Å². The molecular weight excluding hydrogens is 110 g/mol. The minimum Gasteiger partial charge on any atom is -0.363 e. The molecule has 0 saturated heterocycles. The van der Waals surface area contributed by atoms with Gasteiger partial charge in [-0.05, 0) is 0 Å². The van der Waals surface area contributed by atoms with E-state index in [-0.39, 0.29) is 0 Å². The average molecular weight is 114 g/mol. The zero-order valence-corrected chi connectivity index (χ0v) is 4.62. The first kappa shape index (κ1) is 4.52. The first-order valence-electron chi connectivity index (χ1n) is 1.81. The van der Waals surface area contributed by atoms with Gasteiger partial charge in [0, 0.05) is 7.05 Å². The summed E-state index contributed by atoms with van der Waals surface area (Å²) in [6.45, 7) is 0. The summed E-state index contributed by atoms with van der Waals surface area (Å²) < 4.78 is 0. The van der Waals surface area contributed by atoms with E-state index >= 15 is 0 Å². The van der Waals surface area contributed by atoms with Crippen molar-refractivity contribution in [2.45, 2.75) is 0 Å². The highest BCUT2D eigenvalue weighted by molar-refractivity contribution is 7.12. The van der Waals surface area contributed by atoms with Gasteiger partial charge in [-0.25, -0.2) is 0 Å². The van der Waals surface area contributed by atoms with E-state index in [1.165, 1.54) is 11.3 Å². The van der Waals surface area contributed by atoms with Crippen LogP contribution in [0.3, 0.4) is 0 Å². The topological polar surface area (TPSA) is 37.8 Å². The van der Waals surface area contributed by atoms with Crippen molar-refractivity contribution in [2.24, 2.45) is 0 Å². The van der Waals surface area contributed by atoms with E-state index < -0.39 is 0 Å². The lowest BCUT2D eigenvalue weighted by Crippen LogP contribution is -1.84. The van der Waals surface area contributed by atoms with Gasteiger partial charge in [0.15, 0.2) is 5.51 Å². The van der Waals surface area contributed by atoms with Crippen LogP contribution in [0.25, 0.3) is 0 Å². The molecular formula is C3H4N3S. The van der Waals surface area contributed by atoms with Crippen LogP contribution in [-0.2, 0) is 0 Å². The molecule has 1 radical (unpaired) electrons. The molecule has 1 aromatic rings.